The molecular formula is C17H17N3O6S. The highest BCUT2D eigenvalue weighted by Crippen LogP contribution is 2.29. The van der Waals surface area contributed by atoms with Gasteiger partial charge in [-0.15, -0.1) is 0 Å². The van der Waals surface area contributed by atoms with E-state index in [0.717, 1.165) is 11.6 Å². The molecule has 0 fully saturated rings. The maximum absolute atomic E-state index is 12.2. The predicted molar refractivity (Wildman–Crippen MR) is 98.1 cm³/mol. The number of non-ortho nitro benzene ring substituents is 1. The molecule has 1 aliphatic rings. The average Bonchev–Trinajstić information content (AvgIpc) is 2.91. The van der Waals surface area contributed by atoms with Crippen LogP contribution in [0.3, 0.4) is 0 Å². The number of ether oxygens (including phenoxy) is 2. The first kappa shape index (κ1) is 18.6. The maximum Gasteiger partial charge on any atom is 0.270 e. The van der Waals surface area contributed by atoms with Gasteiger partial charge in [0.2, 0.25) is 0 Å². The van der Waals surface area contributed by atoms with Crippen LogP contribution in [0.4, 0.5) is 5.69 Å². The molecule has 9 nitrogen and oxygen atoms in total. The Morgan fingerprint density at radius 3 is 2.52 bits per heavy atom. The van der Waals surface area contributed by atoms with Crippen molar-refractivity contribution in [3.8, 4) is 11.5 Å². The van der Waals surface area contributed by atoms with E-state index in [4.69, 9.17) is 9.47 Å². The lowest BCUT2D eigenvalue weighted by molar-refractivity contribution is -0.385. The first-order valence-corrected chi connectivity index (χ1v) is 9.41. The van der Waals surface area contributed by atoms with Crippen molar-refractivity contribution in [2.45, 2.75) is 11.3 Å². The summed E-state index contributed by atoms with van der Waals surface area (Å²) < 4.78 is 37.1. The van der Waals surface area contributed by atoms with Gasteiger partial charge in [-0.1, -0.05) is 6.07 Å². The summed E-state index contributed by atoms with van der Waals surface area (Å²) in [5.41, 5.74) is 0.986. The van der Waals surface area contributed by atoms with E-state index >= 15 is 0 Å². The van der Waals surface area contributed by atoms with E-state index in [2.05, 4.69) is 9.71 Å². The van der Waals surface area contributed by atoms with Gasteiger partial charge in [0, 0.05) is 24.2 Å². The fraction of sp³-hybridized carbons (Fsp3) is 0.235. The topological polar surface area (TPSA) is 120 Å². The zero-order valence-electron chi connectivity index (χ0n) is 14.6. The third-order valence-electron chi connectivity index (χ3n) is 4.07. The molecule has 27 heavy (non-hydrogen) atoms. The number of fused-ring (bicyclic) bond motifs is 1. The van der Waals surface area contributed by atoms with Crippen LogP contribution in [0.25, 0.3) is 0 Å². The molecule has 0 radical (unpaired) electrons. The molecular weight excluding hydrogens is 374 g/mol. The van der Waals surface area contributed by atoms with Gasteiger partial charge in [-0.25, -0.2) is 8.42 Å². The van der Waals surface area contributed by atoms with Crippen molar-refractivity contribution in [2.24, 2.45) is 4.99 Å². The highest BCUT2D eigenvalue weighted by Gasteiger charge is 2.32. The summed E-state index contributed by atoms with van der Waals surface area (Å²) in [5.74, 6) is 1.40. The number of benzene rings is 2. The number of nitrogens with one attached hydrogen (secondary N) is 1. The van der Waals surface area contributed by atoms with Crippen molar-refractivity contribution in [3.05, 3.63) is 57.6 Å². The van der Waals surface area contributed by atoms with Gasteiger partial charge in [0.05, 0.1) is 19.1 Å². The molecule has 0 spiro atoms. The van der Waals surface area contributed by atoms with Crippen molar-refractivity contribution in [3.63, 3.8) is 0 Å². The van der Waals surface area contributed by atoms with Gasteiger partial charge in [-0.2, -0.15) is 0 Å². The Bertz CT molecular complexity index is 1030. The summed E-state index contributed by atoms with van der Waals surface area (Å²) in [4.78, 5) is 14.4. The van der Waals surface area contributed by atoms with Crippen LogP contribution >= 0.6 is 0 Å². The number of amidine groups is 1. The summed E-state index contributed by atoms with van der Waals surface area (Å²) in [5, 5.41) is 10.9. The monoisotopic (exact) mass is 391 g/mol. The number of methoxy groups -OCH3 is 2. The second-order valence-electron chi connectivity index (χ2n) is 5.71. The normalized spacial score (nSPS) is 15.9. The maximum atomic E-state index is 12.2. The molecule has 1 heterocycles. The Hall–Kier alpha value is -3.14. The molecule has 0 bridgehead atoms. The predicted octanol–water partition coefficient (Wildman–Crippen LogP) is 1.89. The van der Waals surface area contributed by atoms with Crippen molar-refractivity contribution >= 4 is 21.5 Å². The standard InChI is InChI=1S/C17H17N3O6S/c1-25-14-6-3-11(9-15(14)26-2)7-8-18-17-13-5-4-12(20(21)22)10-16(13)27(23,24)19-17/h3-6,9-10H,7-8H2,1-2H3,(H,18,19). The zero-order valence-corrected chi connectivity index (χ0v) is 15.4. The Labute approximate surface area is 155 Å². The molecule has 3 rings (SSSR count). The second kappa shape index (κ2) is 7.23. The van der Waals surface area contributed by atoms with Crippen molar-refractivity contribution in [1.82, 2.24) is 4.72 Å². The second-order valence-corrected chi connectivity index (χ2v) is 7.36. The fourth-order valence-electron chi connectivity index (χ4n) is 2.73. The molecule has 0 amide bonds. The van der Waals surface area contributed by atoms with Gasteiger partial charge in [0.1, 0.15) is 10.7 Å². The molecule has 0 saturated carbocycles. The van der Waals surface area contributed by atoms with Crippen LogP contribution in [0.2, 0.25) is 0 Å². The van der Waals surface area contributed by atoms with Crippen LogP contribution in [0.5, 0.6) is 11.5 Å². The lowest BCUT2D eigenvalue weighted by Crippen LogP contribution is -2.22. The number of nitro groups is 1. The SMILES string of the molecule is COc1ccc(CCN=C2NS(=O)(=O)c3cc([N+](=O)[O-])ccc32)cc1OC. The number of aliphatic imine (C=N–C) groups is 1. The highest BCUT2D eigenvalue weighted by atomic mass is 32.2. The smallest absolute Gasteiger partial charge is 0.270 e. The van der Waals surface area contributed by atoms with Crippen LogP contribution in [0, 0.1) is 10.1 Å². The molecule has 0 saturated heterocycles. The van der Waals surface area contributed by atoms with Gasteiger partial charge in [0.15, 0.2) is 11.5 Å². The van der Waals surface area contributed by atoms with Gasteiger partial charge in [0.25, 0.3) is 15.7 Å². The largest absolute Gasteiger partial charge is 0.493 e. The van der Waals surface area contributed by atoms with Gasteiger partial charge >= 0.3 is 0 Å². The van der Waals surface area contributed by atoms with E-state index < -0.39 is 14.9 Å². The lowest BCUT2D eigenvalue weighted by atomic mass is 10.1. The Kier molecular flexibility index (Phi) is 5.00. The third-order valence-corrected chi connectivity index (χ3v) is 5.45. The average molecular weight is 391 g/mol. The van der Waals surface area contributed by atoms with E-state index in [-0.39, 0.29) is 16.4 Å². The van der Waals surface area contributed by atoms with E-state index in [1.807, 2.05) is 12.1 Å². The number of nitrogens with zero attached hydrogens (tertiary/aromatic N) is 2. The molecule has 10 heteroatoms. The molecule has 142 valence electrons. The lowest BCUT2D eigenvalue weighted by Gasteiger charge is -2.09. The van der Waals surface area contributed by atoms with Crippen LogP contribution in [0.15, 0.2) is 46.3 Å². The van der Waals surface area contributed by atoms with E-state index in [1.165, 1.54) is 12.1 Å². The van der Waals surface area contributed by atoms with E-state index in [1.54, 1.807) is 20.3 Å². The van der Waals surface area contributed by atoms with E-state index in [9.17, 15) is 18.5 Å². The number of hydrogen-bond donors (Lipinski definition) is 1. The van der Waals surface area contributed by atoms with Crippen LogP contribution in [0.1, 0.15) is 11.1 Å². The van der Waals surface area contributed by atoms with Gasteiger partial charge < -0.3 is 9.47 Å². The summed E-state index contributed by atoms with van der Waals surface area (Å²) in [7, 11) is -0.747. The first-order chi connectivity index (χ1) is 12.9. The Morgan fingerprint density at radius 1 is 1.11 bits per heavy atom. The first-order valence-electron chi connectivity index (χ1n) is 7.92. The van der Waals surface area contributed by atoms with Gasteiger partial charge in [-0.3, -0.25) is 19.8 Å². The van der Waals surface area contributed by atoms with Crippen molar-refractivity contribution in [1.29, 1.82) is 0 Å². The molecule has 1 aliphatic heterocycles. The number of nitro benzene ring substituents is 1. The molecule has 0 aliphatic carbocycles. The minimum Gasteiger partial charge on any atom is -0.493 e. The van der Waals surface area contributed by atoms with Crippen molar-refractivity contribution < 1.29 is 22.8 Å². The minimum atomic E-state index is -3.85. The molecule has 0 atom stereocenters. The summed E-state index contributed by atoms with van der Waals surface area (Å²) in [6.07, 6.45) is 0.550. The Morgan fingerprint density at radius 2 is 1.85 bits per heavy atom. The minimum absolute atomic E-state index is 0.137. The quantitative estimate of drug-likeness (QED) is 0.593. The highest BCUT2D eigenvalue weighted by molar-refractivity contribution is 7.90. The molecule has 1 N–H and O–H groups in total. The molecule has 0 unspecified atom stereocenters. The number of hydrogen-bond acceptors (Lipinski definition) is 7. The molecule has 0 aromatic heterocycles. The molecule has 2 aromatic carbocycles. The zero-order chi connectivity index (χ0) is 19.6. The van der Waals surface area contributed by atoms with E-state index in [0.29, 0.717) is 30.0 Å². The van der Waals surface area contributed by atoms with Crippen molar-refractivity contribution in [2.75, 3.05) is 20.8 Å². The summed E-state index contributed by atoms with van der Waals surface area (Å²) in [6.45, 7) is 0.323. The molecule has 2 aromatic rings. The third kappa shape index (κ3) is 3.70. The van der Waals surface area contributed by atoms with Crippen LogP contribution < -0.4 is 14.2 Å². The summed E-state index contributed by atoms with van der Waals surface area (Å²) >= 11 is 0. The van der Waals surface area contributed by atoms with Crippen LogP contribution in [-0.4, -0.2) is 39.9 Å². The Balaban J connectivity index is 1.81. The van der Waals surface area contributed by atoms with Crippen LogP contribution in [-0.2, 0) is 16.4 Å². The summed E-state index contributed by atoms with van der Waals surface area (Å²) in [6, 6.07) is 9.17. The number of sulfonamides is 1. The van der Waals surface area contributed by atoms with Gasteiger partial charge in [-0.05, 0) is 30.2 Å². The fourth-order valence-corrected chi connectivity index (χ4v) is 4.00. The number of rotatable bonds is 6.